The van der Waals surface area contributed by atoms with E-state index < -0.39 is 5.91 Å². The van der Waals surface area contributed by atoms with Gasteiger partial charge in [-0.05, 0) is 18.1 Å². The van der Waals surface area contributed by atoms with E-state index in [0.29, 0.717) is 12.5 Å². The van der Waals surface area contributed by atoms with Crippen LogP contribution in [-0.2, 0) is 4.79 Å². The van der Waals surface area contributed by atoms with Gasteiger partial charge in [-0.15, -0.1) is 0 Å². The van der Waals surface area contributed by atoms with Gasteiger partial charge in [0.05, 0.1) is 0 Å². The molecule has 0 unspecified atom stereocenters. The van der Waals surface area contributed by atoms with Crippen LogP contribution in [0.25, 0.3) is 0 Å². The van der Waals surface area contributed by atoms with Crippen molar-refractivity contribution < 1.29 is 19.8 Å². The van der Waals surface area contributed by atoms with Crippen LogP contribution in [-0.4, -0.2) is 35.1 Å². The van der Waals surface area contributed by atoms with Gasteiger partial charge in [-0.2, -0.15) is 0 Å². The van der Waals surface area contributed by atoms with E-state index in [-0.39, 0.29) is 35.9 Å². The summed E-state index contributed by atoms with van der Waals surface area (Å²) in [4.78, 5) is 23.2. The lowest BCUT2D eigenvalue weighted by Crippen LogP contribution is -2.32. The van der Waals surface area contributed by atoms with Gasteiger partial charge in [-0.1, -0.05) is 13.8 Å². The maximum atomic E-state index is 11.7. The molecule has 0 atom stereocenters. The van der Waals surface area contributed by atoms with Crippen LogP contribution in [0.4, 0.5) is 0 Å². The molecule has 0 aliphatic rings. The average Bonchev–Trinajstić information content (AvgIpc) is 2.35. The van der Waals surface area contributed by atoms with Gasteiger partial charge in [0.25, 0.3) is 5.91 Å². The molecule has 0 aliphatic heterocycles. The third-order valence-corrected chi connectivity index (χ3v) is 2.51. The van der Waals surface area contributed by atoms with E-state index >= 15 is 0 Å². The molecule has 110 valence electrons. The predicted octanol–water partition coefficient (Wildman–Crippen LogP) is 0.990. The molecule has 0 aromatic heterocycles. The molecule has 2 amide bonds. The highest BCUT2D eigenvalue weighted by Crippen LogP contribution is 2.20. The van der Waals surface area contributed by atoms with Gasteiger partial charge in [-0.25, -0.2) is 0 Å². The first kappa shape index (κ1) is 15.8. The number of nitrogens with one attached hydrogen (secondary N) is 2. The fraction of sp³-hybridized carbons (Fsp3) is 0.429. The summed E-state index contributed by atoms with van der Waals surface area (Å²) in [5.74, 6) is -0.580. The molecular weight excluding hydrogens is 260 g/mol. The summed E-state index contributed by atoms with van der Waals surface area (Å²) in [6, 6.07) is 3.62. The Morgan fingerprint density at radius 3 is 2.25 bits per heavy atom. The molecule has 0 bridgehead atoms. The van der Waals surface area contributed by atoms with E-state index in [1.165, 1.54) is 12.1 Å². The maximum Gasteiger partial charge on any atom is 0.251 e. The Morgan fingerprint density at radius 2 is 1.70 bits per heavy atom. The van der Waals surface area contributed by atoms with Crippen LogP contribution in [0.2, 0.25) is 0 Å². The predicted molar refractivity (Wildman–Crippen MR) is 74.6 cm³/mol. The van der Waals surface area contributed by atoms with Crippen LogP contribution in [0.15, 0.2) is 18.2 Å². The molecule has 6 nitrogen and oxygen atoms in total. The maximum absolute atomic E-state index is 11.7. The van der Waals surface area contributed by atoms with Crippen LogP contribution in [0.5, 0.6) is 11.5 Å². The summed E-state index contributed by atoms with van der Waals surface area (Å²) in [5.41, 5.74) is 0.144. The molecule has 0 radical (unpaired) electrons. The van der Waals surface area contributed by atoms with E-state index in [1.807, 2.05) is 13.8 Å². The molecule has 4 N–H and O–H groups in total. The minimum absolute atomic E-state index is 0.127. The van der Waals surface area contributed by atoms with Crippen molar-refractivity contribution in [2.24, 2.45) is 5.92 Å². The Balaban J connectivity index is 2.38. The van der Waals surface area contributed by atoms with E-state index in [0.717, 1.165) is 6.07 Å². The Labute approximate surface area is 117 Å². The third-order valence-electron chi connectivity index (χ3n) is 2.51. The second kappa shape index (κ2) is 7.37. The molecule has 0 spiro atoms. The van der Waals surface area contributed by atoms with Gasteiger partial charge in [0, 0.05) is 31.1 Å². The number of aromatic hydroxyl groups is 2. The van der Waals surface area contributed by atoms with Crippen molar-refractivity contribution in [3.8, 4) is 11.5 Å². The molecule has 1 aromatic rings. The summed E-state index contributed by atoms with van der Waals surface area (Å²) >= 11 is 0. The van der Waals surface area contributed by atoms with Gasteiger partial charge in [0.1, 0.15) is 11.5 Å². The number of carbonyl (C=O) groups excluding carboxylic acids is 2. The summed E-state index contributed by atoms with van der Waals surface area (Å²) in [6.07, 6.45) is 0.184. The van der Waals surface area contributed by atoms with E-state index in [9.17, 15) is 19.8 Å². The second-order valence-corrected chi connectivity index (χ2v) is 4.94. The standard InChI is InChI=1S/C14H20N2O4/c1-9(2)8-16-13(19)3-4-15-14(20)10-5-11(17)7-12(18)6-10/h5-7,9,17-18H,3-4,8H2,1-2H3,(H,15,20)(H,16,19). The van der Waals surface area contributed by atoms with Crippen molar-refractivity contribution in [1.29, 1.82) is 0 Å². The molecule has 20 heavy (non-hydrogen) atoms. The Kier molecular flexibility index (Phi) is 5.83. The highest BCUT2D eigenvalue weighted by atomic mass is 16.3. The lowest BCUT2D eigenvalue weighted by molar-refractivity contribution is -0.121. The van der Waals surface area contributed by atoms with Crippen LogP contribution in [0.1, 0.15) is 30.6 Å². The van der Waals surface area contributed by atoms with Crippen molar-refractivity contribution in [3.05, 3.63) is 23.8 Å². The summed E-state index contributed by atoms with van der Waals surface area (Å²) in [6.45, 7) is 4.79. The smallest absolute Gasteiger partial charge is 0.251 e. The van der Waals surface area contributed by atoms with E-state index in [2.05, 4.69) is 10.6 Å². The zero-order valence-electron chi connectivity index (χ0n) is 11.6. The van der Waals surface area contributed by atoms with Gasteiger partial charge in [-0.3, -0.25) is 9.59 Å². The minimum Gasteiger partial charge on any atom is -0.508 e. The van der Waals surface area contributed by atoms with Gasteiger partial charge in [0.2, 0.25) is 5.91 Å². The topological polar surface area (TPSA) is 98.7 Å². The van der Waals surface area contributed by atoms with Crippen LogP contribution < -0.4 is 10.6 Å². The molecule has 1 aromatic carbocycles. The SMILES string of the molecule is CC(C)CNC(=O)CCNC(=O)c1cc(O)cc(O)c1. The fourth-order valence-corrected chi connectivity index (χ4v) is 1.52. The molecule has 1 rings (SSSR count). The fourth-order valence-electron chi connectivity index (χ4n) is 1.52. The van der Waals surface area contributed by atoms with Crippen molar-refractivity contribution in [2.45, 2.75) is 20.3 Å². The second-order valence-electron chi connectivity index (χ2n) is 4.94. The number of amides is 2. The first-order valence-electron chi connectivity index (χ1n) is 6.46. The van der Waals surface area contributed by atoms with Gasteiger partial charge < -0.3 is 20.8 Å². The number of hydrogen-bond acceptors (Lipinski definition) is 4. The molecule has 0 fully saturated rings. The first-order valence-corrected chi connectivity index (χ1v) is 6.46. The lowest BCUT2D eigenvalue weighted by atomic mass is 10.2. The number of benzene rings is 1. The quantitative estimate of drug-likeness (QED) is 0.624. The van der Waals surface area contributed by atoms with Crippen molar-refractivity contribution in [3.63, 3.8) is 0 Å². The highest BCUT2D eigenvalue weighted by Gasteiger charge is 2.09. The van der Waals surface area contributed by atoms with Gasteiger partial charge in [0.15, 0.2) is 0 Å². The van der Waals surface area contributed by atoms with E-state index in [4.69, 9.17) is 0 Å². The molecular formula is C14H20N2O4. The molecule has 6 heteroatoms. The minimum atomic E-state index is -0.451. The number of carbonyl (C=O) groups is 2. The normalized spacial score (nSPS) is 10.3. The first-order chi connectivity index (χ1) is 9.38. The number of phenols is 2. The summed E-state index contributed by atoms with van der Waals surface area (Å²) < 4.78 is 0. The van der Waals surface area contributed by atoms with Crippen molar-refractivity contribution in [2.75, 3.05) is 13.1 Å². The van der Waals surface area contributed by atoms with Crippen LogP contribution >= 0.6 is 0 Å². The lowest BCUT2D eigenvalue weighted by Gasteiger charge is -2.08. The van der Waals surface area contributed by atoms with E-state index in [1.54, 1.807) is 0 Å². The van der Waals surface area contributed by atoms with Crippen molar-refractivity contribution >= 4 is 11.8 Å². The summed E-state index contributed by atoms with van der Waals surface area (Å²) in [7, 11) is 0. The zero-order chi connectivity index (χ0) is 15.1. The molecule has 0 saturated carbocycles. The van der Waals surface area contributed by atoms with Crippen LogP contribution in [0.3, 0.4) is 0 Å². The third kappa shape index (κ3) is 5.60. The Morgan fingerprint density at radius 1 is 1.10 bits per heavy atom. The Hall–Kier alpha value is -2.24. The monoisotopic (exact) mass is 280 g/mol. The van der Waals surface area contributed by atoms with Crippen LogP contribution in [0, 0.1) is 5.92 Å². The molecule has 0 heterocycles. The average molecular weight is 280 g/mol. The molecule has 0 aliphatic carbocycles. The number of rotatable bonds is 6. The van der Waals surface area contributed by atoms with Crippen molar-refractivity contribution in [1.82, 2.24) is 10.6 Å². The largest absolute Gasteiger partial charge is 0.508 e. The Bertz CT molecular complexity index is 466. The van der Waals surface area contributed by atoms with Gasteiger partial charge >= 0.3 is 0 Å². The number of phenolic OH excluding ortho intramolecular Hbond substituents is 2. The zero-order valence-corrected chi connectivity index (χ0v) is 11.6. The highest BCUT2D eigenvalue weighted by molar-refractivity contribution is 5.95. The number of hydrogen-bond donors (Lipinski definition) is 4. The molecule has 0 saturated heterocycles. The summed E-state index contributed by atoms with van der Waals surface area (Å²) in [5, 5.41) is 23.8.